The van der Waals surface area contributed by atoms with E-state index in [0.717, 1.165) is 23.7 Å². The van der Waals surface area contributed by atoms with Crippen LogP contribution in [0.3, 0.4) is 0 Å². The van der Waals surface area contributed by atoms with Gasteiger partial charge in [-0.2, -0.15) is 4.98 Å². The van der Waals surface area contributed by atoms with E-state index in [0.29, 0.717) is 18.4 Å². The SMILES string of the molecule is CC(C)Cc1noc(COc2ccc(N(C)C)cc2)n1. The summed E-state index contributed by atoms with van der Waals surface area (Å²) in [6.07, 6.45) is 0.820. The summed E-state index contributed by atoms with van der Waals surface area (Å²) in [4.78, 5) is 6.34. The van der Waals surface area contributed by atoms with Crippen molar-refractivity contribution in [1.82, 2.24) is 10.1 Å². The van der Waals surface area contributed by atoms with Crippen LogP contribution in [0, 0.1) is 5.92 Å². The molecule has 2 rings (SSSR count). The van der Waals surface area contributed by atoms with Gasteiger partial charge in [0.25, 0.3) is 5.89 Å². The molecule has 0 amide bonds. The zero-order valence-corrected chi connectivity index (χ0v) is 12.5. The van der Waals surface area contributed by atoms with Gasteiger partial charge < -0.3 is 14.2 Å². The van der Waals surface area contributed by atoms with Gasteiger partial charge in [-0.15, -0.1) is 0 Å². The van der Waals surface area contributed by atoms with E-state index in [4.69, 9.17) is 9.26 Å². The maximum Gasteiger partial charge on any atom is 0.264 e. The fourth-order valence-corrected chi connectivity index (χ4v) is 1.78. The predicted molar refractivity (Wildman–Crippen MR) is 77.9 cm³/mol. The molecule has 0 radical (unpaired) electrons. The molecule has 1 heterocycles. The molecule has 0 aliphatic carbocycles. The lowest BCUT2D eigenvalue weighted by Gasteiger charge is -2.12. The van der Waals surface area contributed by atoms with Crippen molar-refractivity contribution in [2.24, 2.45) is 5.92 Å². The summed E-state index contributed by atoms with van der Waals surface area (Å²) in [5, 5.41) is 3.93. The first kappa shape index (κ1) is 14.4. The first-order chi connectivity index (χ1) is 9.54. The highest BCUT2D eigenvalue weighted by atomic mass is 16.5. The van der Waals surface area contributed by atoms with Crippen molar-refractivity contribution in [3.8, 4) is 5.75 Å². The number of anilines is 1. The Morgan fingerprint density at radius 2 is 1.90 bits per heavy atom. The fraction of sp³-hybridized carbons (Fsp3) is 0.467. The smallest absolute Gasteiger partial charge is 0.264 e. The summed E-state index contributed by atoms with van der Waals surface area (Å²) in [7, 11) is 4.01. The molecule has 0 bridgehead atoms. The lowest BCUT2D eigenvalue weighted by Crippen LogP contribution is -2.08. The van der Waals surface area contributed by atoms with E-state index in [1.165, 1.54) is 0 Å². The highest BCUT2D eigenvalue weighted by Crippen LogP contribution is 2.18. The van der Waals surface area contributed by atoms with Crippen LogP contribution in [-0.4, -0.2) is 24.2 Å². The second kappa shape index (κ2) is 6.41. The number of nitrogens with zero attached hydrogens (tertiary/aromatic N) is 3. The van der Waals surface area contributed by atoms with Gasteiger partial charge in [0.2, 0.25) is 0 Å². The van der Waals surface area contributed by atoms with Crippen LogP contribution in [0.2, 0.25) is 0 Å². The van der Waals surface area contributed by atoms with E-state index in [2.05, 4.69) is 24.0 Å². The number of aromatic nitrogens is 2. The van der Waals surface area contributed by atoms with E-state index in [-0.39, 0.29) is 0 Å². The molecule has 5 nitrogen and oxygen atoms in total. The van der Waals surface area contributed by atoms with Crippen LogP contribution >= 0.6 is 0 Å². The highest BCUT2D eigenvalue weighted by Gasteiger charge is 2.08. The molecular weight excluding hydrogens is 254 g/mol. The fourth-order valence-electron chi connectivity index (χ4n) is 1.78. The Hall–Kier alpha value is -2.04. The molecule has 1 aromatic carbocycles. The van der Waals surface area contributed by atoms with Crippen molar-refractivity contribution >= 4 is 5.69 Å². The Bertz CT molecular complexity index is 532. The number of rotatable bonds is 6. The Kier molecular flexibility index (Phi) is 4.61. The quantitative estimate of drug-likeness (QED) is 0.811. The summed E-state index contributed by atoms with van der Waals surface area (Å²) in [6, 6.07) is 7.88. The first-order valence-corrected chi connectivity index (χ1v) is 6.76. The predicted octanol–water partition coefficient (Wildman–Crippen LogP) is 2.91. The molecule has 0 aliphatic heterocycles. The Balaban J connectivity index is 1.89. The van der Waals surface area contributed by atoms with Gasteiger partial charge >= 0.3 is 0 Å². The van der Waals surface area contributed by atoms with Crippen LogP contribution in [0.15, 0.2) is 28.8 Å². The zero-order valence-electron chi connectivity index (χ0n) is 12.5. The minimum Gasteiger partial charge on any atom is -0.484 e. The average Bonchev–Trinajstić information content (AvgIpc) is 2.83. The molecule has 108 valence electrons. The number of ether oxygens (including phenoxy) is 1. The highest BCUT2D eigenvalue weighted by molar-refractivity contribution is 5.47. The van der Waals surface area contributed by atoms with E-state index < -0.39 is 0 Å². The Morgan fingerprint density at radius 1 is 1.20 bits per heavy atom. The normalized spacial score (nSPS) is 10.8. The van der Waals surface area contributed by atoms with Crippen LogP contribution in [0.1, 0.15) is 25.6 Å². The van der Waals surface area contributed by atoms with Gasteiger partial charge in [-0.1, -0.05) is 19.0 Å². The van der Waals surface area contributed by atoms with Crippen molar-refractivity contribution in [2.45, 2.75) is 26.9 Å². The maximum atomic E-state index is 5.63. The van der Waals surface area contributed by atoms with Crippen molar-refractivity contribution in [1.29, 1.82) is 0 Å². The van der Waals surface area contributed by atoms with Crippen molar-refractivity contribution in [3.05, 3.63) is 36.0 Å². The van der Waals surface area contributed by atoms with Crippen molar-refractivity contribution in [2.75, 3.05) is 19.0 Å². The average molecular weight is 275 g/mol. The van der Waals surface area contributed by atoms with Gasteiger partial charge in [-0.25, -0.2) is 0 Å². The van der Waals surface area contributed by atoms with E-state index in [9.17, 15) is 0 Å². The third-order valence-electron chi connectivity index (χ3n) is 2.82. The second-order valence-corrected chi connectivity index (χ2v) is 5.38. The molecule has 0 saturated carbocycles. The summed E-state index contributed by atoms with van der Waals surface area (Å²) in [6.45, 7) is 4.55. The van der Waals surface area contributed by atoms with Gasteiger partial charge in [0.1, 0.15) is 5.75 Å². The van der Waals surface area contributed by atoms with Crippen LogP contribution in [0.4, 0.5) is 5.69 Å². The van der Waals surface area contributed by atoms with Gasteiger partial charge in [-0.3, -0.25) is 0 Å². The lowest BCUT2D eigenvalue weighted by atomic mass is 10.1. The molecule has 0 fully saturated rings. The molecule has 2 aromatic rings. The molecule has 0 saturated heterocycles. The van der Waals surface area contributed by atoms with Gasteiger partial charge in [-0.05, 0) is 30.2 Å². The minimum atomic E-state index is 0.298. The summed E-state index contributed by atoms with van der Waals surface area (Å²) >= 11 is 0. The molecule has 1 aromatic heterocycles. The third-order valence-corrected chi connectivity index (χ3v) is 2.82. The summed E-state index contributed by atoms with van der Waals surface area (Å²) in [5.41, 5.74) is 1.13. The van der Waals surface area contributed by atoms with Gasteiger partial charge in [0.05, 0.1) is 0 Å². The molecule has 0 N–H and O–H groups in total. The largest absolute Gasteiger partial charge is 0.484 e. The number of benzene rings is 1. The molecule has 0 unspecified atom stereocenters. The van der Waals surface area contributed by atoms with E-state index in [1.54, 1.807) is 0 Å². The number of hydrogen-bond donors (Lipinski definition) is 0. The minimum absolute atomic E-state index is 0.298. The molecule has 5 heteroatoms. The number of hydrogen-bond acceptors (Lipinski definition) is 5. The molecule has 0 aliphatic rings. The molecule has 0 atom stereocenters. The molecule has 20 heavy (non-hydrogen) atoms. The van der Waals surface area contributed by atoms with E-state index >= 15 is 0 Å². The Morgan fingerprint density at radius 3 is 2.50 bits per heavy atom. The van der Waals surface area contributed by atoms with Crippen LogP contribution in [0.25, 0.3) is 0 Å². The van der Waals surface area contributed by atoms with Crippen molar-refractivity contribution in [3.63, 3.8) is 0 Å². The van der Waals surface area contributed by atoms with E-state index in [1.807, 2.05) is 43.3 Å². The zero-order chi connectivity index (χ0) is 14.5. The Labute approximate surface area is 119 Å². The van der Waals surface area contributed by atoms with Crippen molar-refractivity contribution < 1.29 is 9.26 Å². The standard InChI is InChI=1S/C15H21N3O2/c1-11(2)9-14-16-15(20-17-14)10-19-13-7-5-12(6-8-13)18(3)4/h5-8,11H,9-10H2,1-4H3. The topological polar surface area (TPSA) is 51.4 Å². The van der Waals surface area contributed by atoms with Gasteiger partial charge in [0.15, 0.2) is 12.4 Å². The van der Waals surface area contributed by atoms with Crippen LogP contribution in [0.5, 0.6) is 5.75 Å². The molecule has 0 spiro atoms. The monoisotopic (exact) mass is 275 g/mol. The molecular formula is C15H21N3O2. The first-order valence-electron chi connectivity index (χ1n) is 6.76. The third kappa shape index (κ3) is 3.98. The van der Waals surface area contributed by atoms with Crippen LogP contribution < -0.4 is 9.64 Å². The maximum absolute atomic E-state index is 5.63. The van der Waals surface area contributed by atoms with Gasteiger partial charge in [0, 0.05) is 26.2 Å². The second-order valence-electron chi connectivity index (χ2n) is 5.38. The summed E-state index contributed by atoms with van der Waals surface area (Å²) in [5.74, 6) is 2.55. The van der Waals surface area contributed by atoms with Crippen LogP contribution in [-0.2, 0) is 13.0 Å². The lowest BCUT2D eigenvalue weighted by molar-refractivity contribution is 0.242. The summed E-state index contributed by atoms with van der Waals surface area (Å²) < 4.78 is 10.8.